The summed E-state index contributed by atoms with van der Waals surface area (Å²) in [4.78, 5) is 4.54. The lowest BCUT2D eigenvalue weighted by Gasteiger charge is -2.11. The number of nitrogens with two attached hydrogens (primary N) is 1. The molecule has 0 saturated heterocycles. The largest absolute Gasteiger partial charge is 0.331 e. The molecule has 18 heavy (non-hydrogen) atoms. The quantitative estimate of drug-likeness (QED) is 0.868. The highest BCUT2D eigenvalue weighted by Gasteiger charge is 2.07. The summed E-state index contributed by atoms with van der Waals surface area (Å²) in [5.74, 6) is 0. The van der Waals surface area contributed by atoms with Crippen molar-refractivity contribution in [1.29, 1.82) is 0 Å². The summed E-state index contributed by atoms with van der Waals surface area (Å²) in [7, 11) is 0. The van der Waals surface area contributed by atoms with E-state index in [1.165, 1.54) is 16.8 Å². The molecule has 0 aliphatic carbocycles. The fourth-order valence-electron chi connectivity index (χ4n) is 1.94. The number of aromatic nitrogens is 1. The number of benzene rings is 1. The van der Waals surface area contributed by atoms with E-state index < -0.39 is 0 Å². The van der Waals surface area contributed by atoms with Gasteiger partial charge >= 0.3 is 0 Å². The Labute approximate surface area is 112 Å². The Kier molecular flexibility index (Phi) is 4.33. The van der Waals surface area contributed by atoms with Crippen molar-refractivity contribution in [3.63, 3.8) is 0 Å². The highest BCUT2D eigenvalue weighted by molar-refractivity contribution is 7.13. The lowest BCUT2D eigenvalue weighted by atomic mass is 10.1. The van der Waals surface area contributed by atoms with Crippen LogP contribution in [-0.4, -0.2) is 11.5 Å². The predicted octanol–water partition coefficient (Wildman–Crippen LogP) is 3.26. The number of anilines is 2. The van der Waals surface area contributed by atoms with Crippen LogP contribution in [0, 0.1) is 6.92 Å². The van der Waals surface area contributed by atoms with E-state index in [9.17, 15) is 0 Å². The molecule has 0 spiro atoms. The second kappa shape index (κ2) is 5.98. The summed E-state index contributed by atoms with van der Waals surface area (Å²) in [6.45, 7) is 4.94. The number of thiazole rings is 1. The molecule has 3 N–H and O–H groups in total. The van der Waals surface area contributed by atoms with Gasteiger partial charge < -0.3 is 11.1 Å². The standard InChI is InChI=1S/C14H19N3S/c1-3-11-6-4-5-10(2)13(11)17-14-16-12(7-8-15)9-18-14/h4-6,9H,3,7-8,15H2,1-2H3,(H,16,17). The summed E-state index contributed by atoms with van der Waals surface area (Å²) in [6, 6.07) is 6.38. The van der Waals surface area contributed by atoms with Crippen molar-refractivity contribution >= 4 is 22.2 Å². The zero-order valence-corrected chi connectivity index (χ0v) is 11.7. The van der Waals surface area contributed by atoms with Crippen molar-refractivity contribution in [2.45, 2.75) is 26.7 Å². The van der Waals surface area contributed by atoms with Crippen LogP contribution < -0.4 is 11.1 Å². The van der Waals surface area contributed by atoms with E-state index in [2.05, 4.69) is 47.7 Å². The predicted molar refractivity (Wildman–Crippen MR) is 78.7 cm³/mol. The van der Waals surface area contributed by atoms with E-state index in [-0.39, 0.29) is 0 Å². The Hall–Kier alpha value is -1.39. The molecular formula is C14H19N3S. The number of hydrogen-bond acceptors (Lipinski definition) is 4. The Balaban J connectivity index is 2.22. The van der Waals surface area contributed by atoms with Crippen LogP contribution in [0.3, 0.4) is 0 Å². The Morgan fingerprint density at radius 3 is 2.94 bits per heavy atom. The molecule has 0 radical (unpaired) electrons. The van der Waals surface area contributed by atoms with E-state index in [4.69, 9.17) is 5.73 Å². The third-order valence-electron chi connectivity index (χ3n) is 2.92. The van der Waals surface area contributed by atoms with Gasteiger partial charge in [-0.3, -0.25) is 0 Å². The van der Waals surface area contributed by atoms with Crippen molar-refractivity contribution in [2.75, 3.05) is 11.9 Å². The van der Waals surface area contributed by atoms with Gasteiger partial charge in [-0.2, -0.15) is 0 Å². The van der Waals surface area contributed by atoms with Gasteiger partial charge in [0.2, 0.25) is 0 Å². The Morgan fingerprint density at radius 2 is 2.22 bits per heavy atom. The fraction of sp³-hybridized carbons (Fsp3) is 0.357. The van der Waals surface area contributed by atoms with E-state index in [1.54, 1.807) is 11.3 Å². The molecule has 1 aromatic heterocycles. The number of rotatable bonds is 5. The summed E-state index contributed by atoms with van der Waals surface area (Å²) in [5, 5.41) is 6.45. The minimum absolute atomic E-state index is 0.647. The van der Waals surface area contributed by atoms with Crippen LogP contribution in [0.4, 0.5) is 10.8 Å². The lowest BCUT2D eigenvalue weighted by Crippen LogP contribution is -2.03. The van der Waals surface area contributed by atoms with E-state index in [0.717, 1.165) is 23.7 Å². The minimum atomic E-state index is 0.647. The van der Waals surface area contributed by atoms with Gasteiger partial charge in [-0.1, -0.05) is 25.1 Å². The van der Waals surface area contributed by atoms with E-state index >= 15 is 0 Å². The molecule has 0 atom stereocenters. The molecule has 0 fully saturated rings. The van der Waals surface area contributed by atoms with Gasteiger partial charge in [0.1, 0.15) is 0 Å². The zero-order valence-electron chi connectivity index (χ0n) is 10.9. The third kappa shape index (κ3) is 2.89. The molecular weight excluding hydrogens is 242 g/mol. The first-order valence-corrected chi connectivity index (χ1v) is 7.12. The summed E-state index contributed by atoms with van der Waals surface area (Å²) in [5.41, 5.74) is 10.4. The van der Waals surface area contributed by atoms with Crippen LogP contribution in [0.25, 0.3) is 0 Å². The summed E-state index contributed by atoms with van der Waals surface area (Å²) < 4.78 is 0. The Morgan fingerprint density at radius 1 is 1.39 bits per heavy atom. The average Bonchev–Trinajstić information content (AvgIpc) is 2.80. The number of nitrogens with zero attached hydrogens (tertiary/aromatic N) is 1. The minimum Gasteiger partial charge on any atom is -0.331 e. The molecule has 0 amide bonds. The van der Waals surface area contributed by atoms with Crippen LogP contribution in [0.15, 0.2) is 23.6 Å². The number of aryl methyl sites for hydroxylation is 2. The third-order valence-corrected chi connectivity index (χ3v) is 3.73. The molecule has 2 rings (SSSR count). The fourth-order valence-corrected chi connectivity index (χ4v) is 2.69. The second-order valence-corrected chi connectivity index (χ2v) is 5.13. The van der Waals surface area contributed by atoms with Gasteiger partial charge in [-0.05, 0) is 31.0 Å². The SMILES string of the molecule is CCc1cccc(C)c1Nc1nc(CCN)cs1. The summed E-state index contributed by atoms with van der Waals surface area (Å²) in [6.07, 6.45) is 1.86. The average molecular weight is 261 g/mol. The molecule has 2 aromatic rings. The maximum absolute atomic E-state index is 5.54. The second-order valence-electron chi connectivity index (χ2n) is 4.27. The molecule has 4 heteroatoms. The van der Waals surface area contributed by atoms with Gasteiger partial charge in [0.05, 0.1) is 5.69 Å². The first-order chi connectivity index (χ1) is 8.74. The lowest BCUT2D eigenvalue weighted by molar-refractivity contribution is 0.936. The van der Waals surface area contributed by atoms with Gasteiger partial charge in [0.25, 0.3) is 0 Å². The highest BCUT2D eigenvalue weighted by Crippen LogP contribution is 2.27. The highest BCUT2D eigenvalue weighted by atomic mass is 32.1. The smallest absolute Gasteiger partial charge is 0.187 e. The molecule has 0 bridgehead atoms. The maximum Gasteiger partial charge on any atom is 0.187 e. The van der Waals surface area contributed by atoms with Crippen molar-refractivity contribution in [2.24, 2.45) is 5.73 Å². The van der Waals surface area contributed by atoms with Crippen LogP contribution in [-0.2, 0) is 12.8 Å². The molecule has 1 aromatic carbocycles. The maximum atomic E-state index is 5.54. The van der Waals surface area contributed by atoms with Gasteiger partial charge in [-0.25, -0.2) is 4.98 Å². The van der Waals surface area contributed by atoms with Gasteiger partial charge in [-0.15, -0.1) is 11.3 Å². The molecule has 3 nitrogen and oxygen atoms in total. The molecule has 0 aliphatic heterocycles. The van der Waals surface area contributed by atoms with E-state index in [1.807, 2.05) is 0 Å². The molecule has 96 valence electrons. The molecule has 0 aliphatic rings. The number of nitrogens with one attached hydrogen (secondary N) is 1. The van der Waals surface area contributed by atoms with Crippen LogP contribution in [0.2, 0.25) is 0 Å². The van der Waals surface area contributed by atoms with Gasteiger partial charge in [0, 0.05) is 17.5 Å². The number of para-hydroxylation sites is 1. The van der Waals surface area contributed by atoms with Gasteiger partial charge in [0.15, 0.2) is 5.13 Å². The zero-order chi connectivity index (χ0) is 13.0. The molecule has 0 saturated carbocycles. The Bertz CT molecular complexity index is 520. The van der Waals surface area contributed by atoms with Crippen molar-refractivity contribution in [3.8, 4) is 0 Å². The van der Waals surface area contributed by atoms with Crippen LogP contribution >= 0.6 is 11.3 Å². The summed E-state index contributed by atoms with van der Waals surface area (Å²) >= 11 is 1.63. The van der Waals surface area contributed by atoms with Crippen molar-refractivity contribution in [1.82, 2.24) is 4.98 Å². The molecule has 1 heterocycles. The first-order valence-electron chi connectivity index (χ1n) is 6.24. The normalized spacial score (nSPS) is 10.6. The van der Waals surface area contributed by atoms with Crippen molar-refractivity contribution in [3.05, 3.63) is 40.4 Å². The van der Waals surface area contributed by atoms with Crippen LogP contribution in [0.5, 0.6) is 0 Å². The number of hydrogen-bond donors (Lipinski definition) is 2. The van der Waals surface area contributed by atoms with E-state index in [0.29, 0.717) is 6.54 Å². The van der Waals surface area contributed by atoms with Crippen LogP contribution in [0.1, 0.15) is 23.7 Å². The topological polar surface area (TPSA) is 50.9 Å². The first kappa shape index (κ1) is 13.1. The molecule has 0 unspecified atom stereocenters. The van der Waals surface area contributed by atoms with Crippen molar-refractivity contribution < 1.29 is 0 Å². The monoisotopic (exact) mass is 261 g/mol.